The number of carbonyl (C=O) groups is 1. The number of hydrogen-bond acceptors (Lipinski definition) is 3. The Morgan fingerprint density at radius 1 is 1.20 bits per heavy atom. The van der Waals surface area contributed by atoms with E-state index in [0.717, 1.165) is 5.56 Å². The summed E-state index contributed by atoms with van der Waals surface area (Å²) in [4.78, 5) is 15.7. The molecule has 0 aliphatic heterocycles. The first-order valence-corrected chi connectivity index (χ1v) is 6.40. The van der Waals surface area contributed by atoms with Crippen LogP contribution in [0.3, 0.4) is 0 Å². The minimum Gasteiger partial charge on any atom is -0.394 e. The molecule has 2 aromatic rings. The Balaban J connectivity index is 1.88. The second-order valence-electron chi connectivity index (χ2n) is 4.41. The number of pyridine rings is 1. The van der Waals surface area contributed by atoms with E-state index in [-0.39, 0.29) is 18.7 Å². The Morgan fingerprint density at radius 2 is 2.00 bits per heavy atom. The predicted molar refractivity (Wildman–Crippen MR) is 77.4 cm³/mol. The van der Waals surface area contributed by atoms with Crippen LogP contribution in [0.15, 0.2) is 54.9 Å². The maximum Gasteiger partial charge on any atom is 0.319 e. The lowest BCUT2D eigenvalue weighted by Gasteiger charge is -2.16. The topological polar surface area (TPSA) is 74.2 Å². The molecule has 5 nitrogen and oxygen atoms in total. The summed E-state index contributed by atoms with van der Waals surface area (Å²) >= 11 is 0. The molecule has 2 rings (SSSR count). The first kappa shape index (κ1) is 14.0. The van der Waals surface area contributed by atoms with Crippen LogP contribution in [-0.4, -0.2) is 28.8 Å². The van der Waals surface area contributed by atoms with Crippen LogP contribution < -0.4 is 10.6 Å². The van der Waals surface area contributed by atoms with Crippen LogP contribution in [0.1, 0.15) is 5.56 Å². The monoisotopic (exact) mass is 271 g/mol. The maximum absolute atomic E-state index is 11.8. The smallest absolute Gasteiger partial charge is 0.319 e. The van der Waals surface area contributed by atoms with Gasteiger partial charge in [-0.15, -0.1) is 0 Å². The minimum absolute atomic E-state index is 0.116. The van der Waals surface area contributed by atoms with Gasteiger partial charge in [0, 0.05) is 6.20 Å². The number of rotatable bonds is 5. The standard InChI is InChI=1S/C15H17N3O2/c19-11-14(9-12-5-2-1-3-6-12)18-15(20)17-13-7-4-8-16-10-13/h1-8,10,14,19H,9,11H2,(H2,17,18,20)/t14-/m1/s1. The quantitative estimate of drug-likeness (QED) is 0.776. The van der Waals surface area contributed by atoms with Gasteiger partial charge in [0.15, 0.2) is 0 Å². The van der Waals surface area contributed by atoms with E-state index in [1.807, 2.05) is 30.3 Å². The van der Waals surface area contributed by atoms with Crippen LogP contribution in [0.2, 0.25) is 0 Å². The third-order valence-corrected chi connectivity index (χ3v) is 2.80. The number of nitrogens with one attached hydrogen (secondary N) is 2. The van der Waals surface area contributed by atoms with Crippen LogP contribution in [0, 0.1) is 0 Å². The molecule has 0 aliphatic carbocycles. The predicted octanol–water partition coefficient (Wildman–Crippen LogP) is 1.81. The number of aromatic nitrogens is 1. The van der Waals surface area contributed by atoms with E-state index < -0.39 is 0 Å². The van der Waals surface area contributed by atoms with E-state index in [1.165, 1.54) is 0 Å². The van der Waals surface area contributed by atoms with Gasteiger partial charge < -0.3 is 15.7 Å². The molecule has 0 fully saturated rings. The normalized spacial score (nSPS) is 11.7. The molecule has 104 valence electrons. The number of carbonyl (C=O) groups excluding carboxylic acids is 1. The Labute approximate surface area is 117 Å². The van der Waals surface area contributed by atoms with Gasteiger partial charge in [-0.2, -0.15) is 0 Å². The van der Waals surface area contributed by atoms with Crippen LogP contribution in [0.5, 0.6) is 0 Å². The largest absolute Gasteiger partial charge is 0.394 e. The average Bonchev–Trinajstić information content (AvgIpc) is 2.48. The van der Waals surface area contributed by atoms with Gasteiger partial charge in [0.05, 0.1) is 24.5 Å². The zero-order chi connectivity index (χ0) is 14.2. The molecule has 0 radical (unpaired) electrons. The van der Waals surface area contributed by atoms with Gasteiger partial charge in [-0.25, -0.2) is 4.79 Å². The number of nitrogens with zero attached hydrogens (tertiary/aromatic N) is 1. The fourth-order valence-electron chi connectivity index (χ4n) is 1.85. The number of hydrogen-bond donors (Lipinski definition) is 3. The molecule has 3 N–H and O–H groups in total. The van der Waals surface area contributed by atoms with Crippen LogP contribution in [-0.2, 0) is 6.42 Å². The summed E-state index contributed by atoms with van der Waals surface area (Å²) in [5, 5.41) is 14.8. The first-order valence-electron chi connectivity index (χ1n) is 6.40. The highest BCUT2D eigenvalue weighted by molar-refractivity contribution is 5.89. The average molecular weight is 271 g/mol. The molecule has 0 saturated carbocycles. The van der Waals surface area contributed by atoms with E-state index in [0.29, 0.717) is 12.1 Å². The molecule has 0 bridgehead atoms. The van der Waals surface area contributed by atoms with Crippen molar-refractivity contribution in [1.82, 2.24) is 10.3 Å². The van der Waals surface area contributed by atoms with E-state index in [1.54, 1.807) is 24.5 Å². The van der Waals surface area contributed by atoms with Crippen molar-refractivity contribution in [3.63, 3.8) is 0 Å². The molecule has 5 heteroatoms. The molecule has 1 heterocycles. The second kappa shape index (κ2) is 7.25. The van der Waals surface area contributed by atoms with E-state index in [2.05, 4.69) is 15.6 Å². The summed E-state index contributed by atoms with van der Waals surface area (Å²) in [6, 6.07) is 12.5. The molecular formula is C15H17N3O2. The zero-order valence-corrected chi connectivity index (χ0v) is 11.0. The third-order valence-electron chi connectivity index (χ3n) is 2.80. The van der Waals surface area contributed by atoms with Crippen LogP contribution in [0.25, 0.3) is 0 Å². The fraction of sp³-hybridized carbons (Fsp3) is 0.200. The van der Waals surface area contributed by atoms with Gasteiger partial charge in [0.2, 0.25) is 0 Å². The summed E-state index contributed by atoms with van der Waals surface area (Å²) in [5.74, 6) is 0. The van der Waals surface area contributed by atoms with Crippen molar-refractivity contribution < 1.29 is 9.90 Å². The molecule has 1 aromatic heterocycles. The number of aliphatic hydroxyl groups is 1. The second-order valence-corrected chi connectivity index (χ2v) is 4.41. The van der Waals surface area contributed by atoms with Crippen molar-refractivity contribution in [3.05, 3.63) is 60.4 Å². The van der Waals surface area contributed by atoms with Gasteiger partial charge in [-0.3, -0.25) is 4.98 Å². The summed E-state index contributed by atoms with van der Waals surface area (Å²) in [6.45, 7) is -0.116. The highest BCUT2D eigenvalue weighted by Gasteiger charge is 2.12. The molecule has 1 aromatic carbocycles. The van der Waals surface area contributed by atoms with Crippen LogP contribution in [0.4, 0.5) is 10.5 Å². The van der Waals surface area contributed by atoms with Crippen molar-refractivity contribution >= 4 is 11.7 Å². The Kier molecular flexibility index (Phi) is 5.08. The summed E-state index contributed by atoms with van der Waals surface area (Å²) in [5.41, 5.74) is 1.68. The number of urea groups is 1. The van der Waals surface area contributed by atoms with E-state index in [4.69, 9.17) is 0 Å². The number of aliphatic hydroxyl groups excluding tert-OH is 1. The van der Waals surface area contributed by atoms with Gasteiger partial charge >= 0.3 is 6.03 Å². The summed E-state index contributed by atoms with van der Waals surface area (Å²) < 4.78 is 0. The van der Waals surface area contributed by atoms with Crippen molar-refractivity contribution in [1.29, 1.82) is 0 Å². The van der Waals surface area contributed by atoms with Crippen LogP contribution >= 0.6 is 0 Å². The minimum atomic E-state index is -0.354. The van der Waals surface area contributed by atoms with Crippen molar-refractivity contribution in [2.75, 3.05) is 11.9 Å². The number of benzene rings is 1. The van der Waals surface area contributed by atoms with Gasteiger partial charge in [0.25, 0.3) is 0 Å². The molecule has 0 spiro atoms. The van der Waals surface area contributed by atoms with Crippen molar-refractivity contribution in [2.24, 2.45) is 0 Å². The first-order chi connectivity index (χ1) is 9.78. The highest BCUT2D eigenvalue weighted by atomic mass is 16.3. The van der Waals surface area contributed by atoms with Gasteiger partial charge in [-0.1, -0.05) is 30.3 Å². The molecule has 1 atom stereocenters. The molecule has 20 heavy (non-hydrogen) atoms. The Hall–Kier alpha value is -2.40. The van der Waals surface area contributed by atoms with E-state index in [9.17, 15) is 9.90 Å². The zero-order valence-electron chi connectivity index (χ0n) is 11.0. The molecule has 0 aliphatic rings. The lowest BCUT2D eigenvalue weighted by atomic mass is 10.1. The van der Waals surface area contributed by atoms with Crippen molar-refractivity contribution in [3.8, 4) is 0 Å². The van der Waals surface area contributed by atoms with Gasteiger partial charge in [0.1, 0.15) is 0 Å². The highest BCUT2D eigenvalue weighted by Crippen LogP contribution is 2.05. The summed E-state index contributed by atoms with van der Waals surface area (Å²) in [6.07, 6.45) is 3.78. The maximum atomic E-state index is 11.8. The Bertz CT molecular complexity index is 531. The number of amides is 2. The summed E-state index contributed by atoms with van der Waals surface area (Å²) in [7, 11) is 0. The molecule has 0 saturated heterocycles. The van der Waals surface area contributed by atoms with Crippen molar-refractivity contribution in [2.45, 2.75) is 12.5 Å². The fourth-order valence-corrected chi connectivity index (χ4v) is 1.85. The lowest BCUT2D eigenvalue weighted by molar-refractivity contribution is 0.224. The van der Waals surface area contributed by atoms with Gasteiger partial charge in [-0.05, 0) is 24.1 Å². The van der Waals surface area contributed by atoms with E-state index >= 15 is 0 Å². The molecular weight excluding hydrogens is 254 g/mol. The SMILES string of the molecule is O=C(Nc1cccnc1)N[C@@H](CO)Cc1ccccc1. The Morgan fingerprint density at radius 3 is 2.65 bits per heavy atom. The number of anilines is 1. The molecule has 0 unspecified atom stereocenters. The third kappa shape index (κ3) is 4.37. The lowest BCUT2D eigenvalue weighted by Crippen LogP contribution is -2.41. The molecule has 2 amide bonds.